The number of carbonyl (C=O) groups excluding carboxylic acids is 2. The first kappa shape index (κ1) is 18.7. The van der Waals surface area contributed by atoms with Crippen LogP contribution in [0.3, 0.4) is 0 Å². The number of hydrogen-bond donors (Lipinski definition) is 2. The van der Waals surface area contributed by atoms with Gasteiger partial charge in [0, 0.05) is 31.0 Å². The highest BCUT2D eigenvalue weighted by molar-refractivity contribution is 5.94. The van der Waals surface area contributed by atoms with Crippen molar-refractivity contribution < 1.29 is 9.59 Å². The fourth-order valence-electron chi connectivity index (χ4n) is 2.73. The van der Waals surface area contributed by atoms with Crippen LogP contribution in [0.4, 0.5) is 0 Å². The van der Waals surface area contributed by atoms with E-state index >= 15 is 0 Å². The predicted molar refractivity (Wildman–Crippen MR) is 101 cm³/mol. The molecule has 4 heteroatoms. The first-order chi connectivity index (χ1) is 12.1. The Balaban J connectivity index is 1.72. The number of nitrogens with one attached hydrogen (secondary N) is 2. The Labute approximate surface area is 149 Å². The van der Waals surface area contributed by atoms with Crippen LogP contribution in [0.25, 0.3) is 0 Å². The van der Waals surface area contributed by atoms with Crippen LogP contribution in [0.2, 0.25) is 0 Å². The number of aryl methyl sites for hydroxylation is 1. The zero-order valence-electron chi connectivity index (χ0n) is 14.9. The molecule has 1 atom stereocenters. The molecule has 0 aliphatic carbocycles. The monoisotopic (exact) mass is 338 g/mol. The second-order valence-electron chi connectivity index (χ2n) is 6.20. The van der Waals surface area contributed by atoms with Crippen LogP contribution in [0.15, 0.2) is 54.6 Å². The smallest absolute Gasteiger partial charge is 0.251 e. The fourth-order valence-corrected chi connectivity index (χ4v) is 2.73. The molecule has 25 heavy (non-hydrogen) atoms. The zero-order valence-corrected chi connectivity index (χ0v) is 14.9. The van der Waals surface area contributed by atoms with Gasteiger partial charge in [-0.05, 0) is 31.0 Å². The van der Waals surface area contributed by atoms with Gasteiger partial charge in [-0.1, -0.05) is 55.0 Å². The molecule has 2 N–H and O–H groups in total. The largest absolute Gasteiger partial charge is 0.355 e. The summed E-state index contributed by atoms with van der Waals surface area (Å²) in [5, 5.41) is 5.76. The van der Waals surface area contributed by atoms with E-state index in [1.807, 2.05) is 43.3 Å². The molecule has 0 bridgehead atoms. The van der Waals surface area contributed by atoms with Gasteiger partial charge in [0.05, 0.1) is 0 Å². The summed E-state index contributed by atoms with van der Waals surface area (Å²) in [5.74, 6) is 0.123. The Morgan fingerprint density at radius 2 is 1.76 bits per heavy atom. The second-order valence-corrected chi connectivity index (χ2v) is 6.20. The van der Waals surface area contributed by atoms with E-state index in [1.54, 1.807) is 6.07 Å². The SMILES string of the molecule is CC[C@@H](CNC(=O)CCNC(=O)c1cccc(C)c1)c1ccccc1. The number of amides is 2. The van der Waals surface area contributed by atoms with Gasteiger partial charge in [-0.15, -0.1) is 0 Å². The van der Waals surface area contributed by atoms with Gasteiger partial charge in [0.2, 0.25) is 5.91 Å². The molecule has 0 aliphatic heterocycles. The third-order valence-corrected chi connectivity index (χ3v) is 4.23. The summed E-state index contributed by atoms with van der Waals surface area (Å²) in [6, 6.07) is 17.6. The predicted octanol–water partition coefficient (Wildman–Crippen LogP) is 3.42. The lowest BCUT2D eigenvalue weighted by Gasteiger charge is -2.16. The van der Waals surface area contributed by atoms with Crippen LogP contribution < -0.4 is 10.6 Å². The quantitative estimate of drug-likeness (QED) is 0.775. The van der Waals surface area contributed by atoms with Crippen LogP contribution >= 0.6 is 0 Å². The van der Waals surface area contributed by atoms with Crippen LogP contribution in [0.1, 0.15) is 47.2 Å². The van der Waals surface area contributed by atoms with Crippen molar-refractivity contribution in [1.82, 2.24) is 10.6 Å². The number of rotatable bonds is 8. The van der Waals surface area contributed by atoms with Gasteiger partial charge in [-0.2, -0.15) is 0 Å². The average molecular weight is 338 g/mol. The molecular formula is C21H26N2O2. The maximum atomic E-state index is 12.0. The number of carbonyl (C=O) groups is 2. The van der Waals surface area contributed by atoms with E-state index in [-0.39, 0.29) is 18.2 Å². The fraction of sp³-hybridized carbons (Fsp3) is 0.333. The third-order valence-electron chi connectivity index (χ3n) is 4.23. The topological polar surface area (TPSA) is 58.2 Å². The molecule has 0 aromatic heterocycles. The lowest BCUT2D eigenvalue weighted by Crippen LogP contribution is -2.32. The normalized spacial score (nSPS) is 11.6. The van der Waals surface area contributed by atoms with E-state index in [0.29, 0.717) is 24.6 Å². The highest BCUT2D eigenvalue weighted by atomic mass is 16.2. The lowest BCUT2D eigenvalue weighted by atomic mass is 9.96. The Morgan fingerprint density at radius 3 is 2.44 bits per heavy atom. The molecule has 2 amide bonds. The Morgan fingerprint density at radius 1 is 1.00 bits per heavy atom. The van der Waals surface area contributed by atoms with Crippen LogP contribution in [-0.4, -0.2) is 24.9 Å². The standard InChI is InChI=1S/C21H26N2O2/c1-3-17(18-9-5-4-6-10-18)15-23-20(24)12-13-22-21(25)19-11-7-8-16(2)14-19/h4-11,14,17H,3,12-13,15H2,1-2H3,(H,22,25)(H,23,24)/t17-/m0/s1. The molecule has 0 radical (unpaired) electrons. The molecule has 0 saturated heterocycles. The molecule has 2 aromatic carbocycles. The summed E-state index contributed by atoms with van der Waals surface area (Å²) in [6.45, 7) is 5.01. The lowest BCUT2D eigenvalue weighted by molar-refractivity contribution is -0.121. The van der Waals surface area contributed by atoms with E-state index < -0.39 is 0 Å². The minimum atomic E-state index is -0.146. The molecule has 0 fully saturated rings. The van der Waals surface area contributed by atoms with Crippen LogP contribution in [0, 0.1) is 6.92 Å². The van der Waals surface area contributed by atoms with Crippen LogP contribution in [0.5, 0.6) is 0 Å². The first-order valence-corrected chi connectivity index (χ1v) is 8.76. The van der Waals surface area contributed by atoms with E-state index in [2.05, 4.69) is 29.7 Å². The molecule has 2 rings (SSSR count). The molecule has 0 spiro atoms. The molecule has 132 valence electrons. The molecule has 0 aliphatic rings. The van der Waals surface area contributed by atoms with Crippen molar-refractivity contribution in [2.24, 2.45) is 0 Å². The van der Waals surface area contributed by atoms with Gasteiger partial charge in [0.25, 0.3) is 5.91 Å². The summed E-state index contributed by atoms with van der Waals surface area (Å²) in [6.07, 6.45) is 1.25. The van der Waals surface area contributed by atoms with Gasteiger partial charge in [0.1, 0.15) is 0 Å². The molecule has 0 saturated carbocycles. The zero-order chi connectivity index (χ0) is 18.1. The van der Waals surface area contributed by atoms with Crippen molar-refractivity contribution >= 4 is 11.8 Å². The van der Waals surface area contributed by atoms with Gasteiger partial charge in [-0.3, -0.25) is 9.59 Å². The summed E-state index contributed by atoms with van der Waals surface area (Å²) in [5.41, 5.74) is 2.89. The Hall–Kier alpha value is -2.62. The Bertz CT molecular complexity index is 698. The average Bonchev–Trinajstić information content (AvgIpc) is 2.63. The van der Waals surface area contributed by atoms with Gasteiger partial charge < -0.3 is 10.6 Å². The van der Waals surface area contributed by atoms with Crippen LogP contribution in [-0.2, 0) is 4.79 Å². The summed E-state index contributed by atoms with van der Waals surface area (Å²) >= 11 is 0. The van der Waals surface area contributed by atoms with E-state index in [1.165, 1.54) is 5.56 Å². The molecular weight excluding hydrogens is 312 g/mol. The summed E-state index contributed by atoms with van der Waals surface area (Å²) < 4.78 is 0. The molecule has 0 heterocycles. The van der Waals surface area contributed by atoms with Crippen molar-refractivity contribution in [2.45, 2.75) is 32.6 Å². The minimum Gasteiger partial charge on any atom is -0.355 e. The van der Waals surface area contributed by atoms with Gasteiger partial charge in [0.15, 0.2) is 0 Å². The molecule has 4 nitrogen and oxygen atoms in total. The molecule has 2 aromatic rings. The highest BCUT2D eigenvalue weighted by Gasteiger charge is 2.11. The number of hydrogen-bond acceptors (Lipinski definition) is 2. The van der Waals surface area contributed by atoms with Crippen molar-refractivity contribution in [3.8, 4) is 0 Å². The first-order valence-electron chi connectivity index (χ1n) is 8.76. The maximum Gasteiger partial charge on any atom is 0.251 e. The summed E-state index contributed by atoms with van der Waals surface area (Å²) in [7, 11) is 0. The van der Waals surface area contributed by atoms with E-state index in [4.69, 9.17) is 0 Å². The van der Waals surface area contributed by atoms with Crippen molar-refractivity contribution in [3.05, 3.63) is 71.3 Å². The van der Waals surface area contributed by atoms with Gasteiger partial charge in [-0.25, -0.2) is 0 Å². The van der Waals surface area contributed by atoms with Crippen molar-refractivity contribution in [2.75, 3.05) is 13.1 Å². The maximum absolute atomic E-state index is 12.0. The highest BCUT2D eigenvalue weighted by Crippen LogP contribution is 2.17. The summed E-state index contributed by atoms with van der Waals surface area (Å²) in [4.78, 5) is 24.0. The third kappa shape index (κ3) is 6.07. The minimum absolute atomic E-state index is 0.0427. The van der Waals surface area contributed by atoms with E-state index in [0.717, 1.165) is 12.0 Å². The van der Waals surface area contributed by atoms with Crippen molar-refractivity contribution in [1.29, 1.82) is 0 Å². The van der Waals surface area contributed by atoms with Gasteiger partial charge >= 0.3 is 0 Å². The number of benzene rings is 2. The second kappa shape index (κ2) is 9.62. The van der Waals surface area contributed by atoms with Crippen molar-refractivity contribution in [3.63, 3.8) is 0 Å². The Kier molecular flexibility index (Phi) is 7.20. The molecule has 0 unspecified atom stereocenters. The van der Waals surface area contributed by atoms with E-state index in [9.17, 15) is 9.59 Å².